The molecule has 1 saturated carbocycles. The van der Waals surface area contributed by atoms with Crippen LogP contribution in [0, 0.1) is 6.92 Å². The molecule has 2 aliphatic rings. The summed E-state index contributed by atoms with van der Waals surface area (Å²) in [4.78, 5) is 15.6. The second kappa shape index (κ2) is 11.1. The monoisotopic (exact) mass is 505 g/mol. The summed E-state index contributed by atoms with van der Waals surface area (Å²) in [5.41, 5.74) is 3.80. The highest BCUT2D eigenvalue weighted by atomic mass is 32.1. The minimum atomic E-state index is -0.155. The summed E-state index contributed by atoms with van der Waals surface area (Å²) in [5.74, 6) is 0.642. The molecule has 0 spiro atoms. The van der Waals surface area contributed by atoms with Gasteiger partial charge < -0.3 is 25.8 Å². The minimum Gasteiger partial charge on any atom is -0.488 e. The third-order valence-corrected chi connectivity index (χ3v) is 8.29. The number of aryl methyl sites for hydroxylation is 1. The summed E-state index contributed by atoms with van der Waals surface area (Å²) in [6, 6.07) is 18.7. The van der Waals surface area contributed by atoms with E-state index >= 15 is 0 Å². The first-order chi connectivity index (χ1) is 17.4. The molecule has 7 heteroatoms. The van der Waals surface area contributed by atoms with Gasteiger partial charge in [0.25, 0.3) is 5.91 Å². The molecule has 1 amide bonds. The third kappa shape index (κ3) is 5.98. The smallest absolute Gasteiger partial charge is 0.252 e. The van der Waals surface area contributed by atoms with Crippen molar-refractivity contribution < 1.29 is 14.6 Å². The predicted molar refractivity (Wildman–Crippen MR) is 145 cm³/mol. The summed E-state index contributed by atoms with van der Waals surface area (Å²) < 4.78 is 5.95. The van der Waals surface area contributed by atoms with Crippen molar-refractivity contribution >= 4 is 17.2 Å². The van der Waals surface area contributed by atoms with Crippen LogP contribution in [0.25, 0.3) is 10.4 Å². The predicted octanol–water partition coefficient (Wildman–Crippen LogP) is 4.57. The lowest BCUT2D eigenvalue weighted by molar-refractivity contribution is 0.0937. The number of aliphatic hydroxyl groups is 1. The van der Waals surface area contributed by atoms with Crippen molar-refractivity contribution in [2.45, 2.75) is 63.9 Å². The summed E-state index contributed by atoms with van der Waals surface area (Å²) in [6.45, 7) is 6.48. The zero-order valence-corrected chi connectivity index (χ0v) is 21.7. The molecule has 3 atom stereocenters. The number of hydrogen-bond acceptors (Lipinski definition) is 6. The van der Waals surface area contributed by atoms with Gasteiger partial charge >= 0.3 is 0 Å². The highest BCUT2D eigenvalue weighted by Crippen LogP contribution is 2.31. The van der Waals surface area contributed by atoms with Gasteiger partial charge in [-0.3, -0.25) is 4.79 Å². The Morgan fingerprint density at radius 1 is 1.17 bits per heavy atom. The number of ether oxygens (including phenoxy) is 1. The first-order valence-corrected chi connectivity index (χ1v) is 13.7. The van der Waals surface area contributed by atoms with Crippen molar-refractivity contribution in [2.24, 2.45) is 0 Å². The normalized spacial score (nSPS) is 20.6. The Kier molecular flexibility index (Phi) is 7.72. The molecular weight excluding hydrogens is 470 g/mol. The first kappa shape index (κ1) is 25.0. The van der Waals surface area contributed by atoms with E-state index in [1.54, 1.807) is 11.3 Å². The van der Waals surface area contributed by atoms with Crippen LogP contribution in [0.2, 0.25) is 0 Å². The number of benzene rings is 2. The van der Waals surface area contributed by atoms with Crippen LogP contribution in [0.5, 0.6) is 5.75 Å². The van der Waals surface area contributed by atoms with E-state index in [-0.39, 0.29) is 24.2 Å². The number of nitrogens with one attached hydrogen (secondary N) is 3. The van der Waals surface area contributed by atoms with Crippen molar-refractivity contribution in [3.05, 3.63) is 76.2 Å². The number of aliphatic hydroxyl groups excluding tert-OH is 1. The highest BCUT2D eigenvalue weighted by molar-refractivity contribution is 7.15. The summed E-state index contributed by atoms with van der Waals surface area (Å²) >= 11 is 1.79. The van der Waals surface area contributed by atoms with Crippen molar-refractivity contribution in [2.75, 3.05) is 13.1 Å². The molecule has 1 saturated heterocycles. The van der Waals surface area contributed by atoms with Gasteiger partial charge in [-0.05, 0) is 80.1 Å². The van der Waals surface area contributed by atoms with Gasteiger partial charge in [0, 0.05) is 41.0 Å². The van der Waals surface area contributed by atoms with Crippen LogP contribution in [0.15, 0.2) is 54.6 Å². The average Bonchev–Trinajstić information content (AvgIpc) is 3.50. The van der Waals surface area contributed by atoms with Gasteiger partial charge in [0.05, 0.1) is 12.1 Å². The second-order valence-electron chi connectivity index (χ2n) is 10.0. The number of rotatable bonds is 9. The quantitative estimate of drug-likeness (QED) is 0.343. The molecule has 2 aromatic carbocycles. The van der Waals surface area contributed by atoms with E-state index in [2.05, 4.69) is 52.3 Å². The standard InChI is InChI=1S/C29H35N3O3S/c1-18-6-9-24(35-25-15-30-16-25)14-27(18)29(34)32-19(2)20-4-3-5-21(12-20)28-11-10-26(36-28)17-31-22-7-8-23(33)13-22/h3-6,9-12,14,19,22-23,25,30-31,33H,7-8,13,15-17H2,1-2H3,(H,32,34)/t19-,22+,23+/m1/s1. The lowest BCUT2D eigenvalue weighted by Crippen LogP contribution is -2.50. The molecular formula is C29H35N3O3S. The summed E-state index contributed by atoms with van der Waals surface area (Å²) in [7, 11) is 0. The zero-order chi connectivity index (χ0) is 25.1. The van der Waals surface area contributed by atoms with Crippen molar-refractivity contribution in [3.63, 3.8) is 0 Å². The van der Waals surface area contributed by atoms with E-state index in [0.717, 1.165) is 61.3 Å². The molecule has 36 heavy (non-hydrogen) atoms. The molecule has 3 aromatic rings. The number of thiophene rings is 1. The van der Waals surface area contributed by atoms with Crippen LogP contribution in [0.1, 0.15) is 58.6 Å². The fourth-order valence-electron chi connectivity index (χ4n) is 4.79. The molecule has 2 heterocycles. The molecule has 1 aliphatic heterocycles. The third-order valence-electron chi connectivity index (χ3n) is 7.15. The van der Waals surface area contributed by atoms with Crippen LogP contribution < -0.4 is 20.7 Å². The number of amides is 1. The maximum atomic E-state index is 13.1. The minimum absolute atomic E-state index is 0.0934. The van der Waals surface area contributed by atoms with E-state index in [0.29, 0.717) is 11.6 Å². The van der Waals surface area contributed by atoms with Crippen molar-refractivity contribution in [3.8, 4) is 16.2 Å². The van der Waals surface area contributed by atoms with E-state index < -0.39 is 0 Å². The fraction of sp³-hybridized carbons (Fsp3) is 0.414. The Morgan fingerprint density at radius 3 is 2.78 bits per heavy atom. The molecule has 0 bridgehead atoms. The largest absolute Gasteiger partial charge is 0.488 e. The van der Waals surface area contributed by atoms with Gasteiger partial charge in [0.2, 0.25) is 0 Å². The van der Waals surface area contributed by atoms with Crippen LogP contribution in [-0.2, 0) is 6.54 Å². The maximum absolute atomic E-state index is 13.1. The number of carbonyl (C=O) groups is 1. The Balaban J connectivity index is 1.22. The van der Waals surface area contributed by atoms with Gasteiger partial charge in [0.15, 0.2) is 0 Å². The molecule has 1 aliphatic carbocycles. The topological polar surface area (TPSA) is 82.6 Å². The van der Waals surface area contributed by atoms with Crippen LogP contribution in [-0.4, -0.2) is 42.4 Å². The first-order valence-electron chi connectivity index (χ1n) is 12.8. The number of carbonyl (C=O) groups excluding carboxylic acids is 1. The molecule has 4 N–H and O–H groups in total. The van der Waals surface area contributed by atoms with Crippen LogP contribution >= 0.6 is 11.3 Å². The van der Waals surface area contributed by atoms with Crippen molar-refractivity contribution in [1.29, 1.82) is 0 Å². The Hall–Kier alpha value is -2.71. The second-order valence-corrected chi connectivity index (χ2v) is 11.2. The number of hydrogen-bond donors (Lipinski definition) is 4. The van der Waals surface area contributed by atoms with E-state index in [1.807, 2.05) is 32.0 Å². The molecule has 0 unspecified atom stereocenters. The van der Waals surface area contributed by atoms with Gasteiger partial charge in [-0.25, -0.2) is 0 Å². The molecule has 5 rings (SSSR count). The Labute approximate surface area is 217 Å². The van der Waals surface area contributed by atoms with Gasteiger partial charge in [0.1, 0.15) is 11.9 Å². The Bertz CT molecular complexity index is 1210. The van der Waals surface area contributed by atoms with Crippen LogP contribution in [0.3, 0.4) is 0 Å². The van der Waals surface area contributed by atoms with E-state index in [9.17, 15) is 9.90 Å². The Morgan fingerprint density at radius 2 is 2.03 bits per heavy atom. The lowest BCUT2D eigenvalue weighted by Gasteiger charge is -2.28. The van der Waals surface area contributed by atoms with E-state index in [4.69, 9.17) is 4.74 Å². The molecule has 2 fully saturated rings. The molecule has 0 radical (unpaired) electrons. The summed E-state index contributed by atoms with van der Waals surface area (Å²) in [5, 5.41) is 19.7. The van der Waals surface area contributed by atoms with Crippen molar-refractivity contribution in [1.82, 2.24) is 16.0 Å². The highest BCUT2D eigenvalue weighted by Gasteiger charge is 2.22. The van der Waals surface area contributed by atoms with E-state index in [1.165, 1.54) is 9.75 Å². The maximum Gasteiger partial charge on any atom is 0.252 e. The van der Waals surface area contributed by atoms with Gasteiger partial charge in [-0.15, -0.1) is 11.3 Å². The van der Waals surface area contributed by atoms with Gasteiger partial charge in [-0.1, -0.05) is 24.3 Å². The lowest BCUT2D eigenvalue weighted by atomic mass is 10.0. The SMILES string of the molecule is Cc1ccc(OC2CNC2)cc1C(=O)N[C@H](C)c1cccc(-c2ccc(CN[C@H]3CC[C@H](O)C3)s2)c1. The molecule has 1 aromatic heterocycles. The molecule has 190 valence electrons. The summed E-state index contributed by atoms with van der Waals surface area (Å²) in [6.07, 6.45) is 2.80. The van der Waals surface area contributed by atoms with Gasteiger partial charge in [-0.2, -0.15) is 0 Å². The zero-order valence-electron chi connectivity index (χ0n) is 20.9. The fourth-order valence-corrected chi connectivity index (χ4v) is 5.75. The molecule has 6 nitrogen and oxygen atoms in total. The average molecular weight is 506 g/mol. The van der Waals surface area contributed by atoms with Crippen LogP contribution in [0.4, 0.5) is 0 Å².